The molecular weight excluding hydrogens is 506 g/mol. The first kappa shape index (κ1) is 29.5. The number of rotatable bonds is 6. The van der Waals surface area contributed by atoms with E-state index >= 15 is 0 Å². The molecule has 0 aromatic carbocycles. The van der Waals surface area contributed by atoms with Crippen LogP contribution in [0.15, 0.2) is 42.9 Å². The monoisotopic (exact) mass is 541 g/mol. The molecule has 3 heterocycles. The topological polar surface area (TPSA) is 180 Å². The molecule has 2 aromatic heterocycles. The van der Waals surface area contributed by atoms with Crippen LogP contribution in [-0.2, 0) is 25.5 Å². The third-order valence-corrected chi connectivity index (χ3v) is 6.48. The lowest BCUT2D eigenvalue weighted by atomic mass is 9.92. The van der Waals surface area contributed by atoms with Gasteiger partial charge in [0, 0.05) is 18.6 Å². The van der Waals surface area contributed by atoms with Crippen LogP contribution in [0.4, 0.5) is 0 Å². The summed E-state index contributed by atoms with van der Waals surface area (Å²) in [5.74, 6) is -4.48. The van der Waals surface area contributed by atoms with Gasteiger partial charge in [-0.2, -0.15) is 0 Å². The van der Waals surface area contributed by atoms with Gasteiger partial charge in [0.05, 0.1) is 24.1 Å². The summed E-state index contributed by atoms with van der Waals surface area (Å²) in [6.07, 6.45) is 2.22. The summed E-state index contributed by atoms with van der Waals surface area (Å²) in [5, 5.41) is 29.2. The third kappa shape index (κ3) is 7.73. The molecule has 0 bridgehead atoms. The second kappa shape index (κ2) is 13.1. The van der Waals surface area contributed by atoms with Crippen LogP contribution in [-0.4, -0.2) is 74.2 Å². The first-order valence-electron chi connectivity index (χ1n) is 12.8. The number of aliphatic hydroxyl groups is 1. The second-order valence-corrected chi connectivity index (χ2v) is 10.1. The van der Waals surface area contributed by atoms with Gasteiger partial charge in [-0.15, -0.1) is 0 Å². The summed E-state index contributed by atoms with van der Waals surface area (Å²) >= 11 is 0. The molecule has 0 aliphatic carbocycles. The van der Waals surface area contributed by atoms with Crippen molar-refractivity contribution in [1.82, 2.24) is 25.9 Å². The largest absolute Gasteiger partial charge is 0.505 e. The summed E-state index contributed by atoms with van der Waals surface area (Å²) in [6.45, 7) is 6.69. The van der Waals surface area contributed by atoms with Gasteiger partial charge in [-0.1, -0.05) is 19.9 Å². The number of amides is 3. The molecule has 12 heteroatoms. The number of hydrogen-bond acceptors (Lipinski definition) is 9. The maximum Gasteiger partial charge on any atom is 0.312 e. The van der Waals surface area contributed by atoms with E-state index in [-0.39, 0.29) is 30.2 Å². The van der Waals surface area contributed by atoms with Gasteiger partial charge in [0.25, 0.3) is 11.8 Å². The number of ether oxygens (including phenoxy) is 1. The molecule has 0 radical (unpaired) electrons. The minimum absolute atomic E-state index is 0.0127. The van der Waals surface area contributed by atoms with Crippen molar-refractivity contribution >= 4 is 23.7 Å². The molecule has 5 N–H and O–H groups in total. The molecule has 1 aliphatic heterocycles. The molecule has 1 aliphatic rings. The number of carbonyl (C=O) groups is 4. The van der Waals surface area contributed by atoms with Gasteiger partial charge < -0.3 is 30.9 Å². The minimum atomic E-state index is -1.39. The van der Waals surface area contributed by atoms with Crippen molar-refractivity contribution < 1.29 is 34.1 Å². The zero-order chi connectivity index (χ0) is 28.7. The standard InChI is InChI=1S/C27H35N5O7/c1-14(2)11-20-24(35)30-16(4)21(32-26(37)22-19(33)8-6-10-29-22)25(36)31-18(12-17-7-5-9-28-13-17)23(34)15(3)27(38)39-20/h5-10,13-16,18,20-21,23,33-34H,11-12H2,1-4H3,(H,30,35)(H,31,36)(H,32,37). The van der Waals surface area contributed by atoms with Crippen LogP contribution in [0.3, 0.4) is 0 Å². The van der Waals surface area contributed by atoms with E-state index in [1.807, 2.05) is 13.8 Å². The molecule has 210 valence electrons. The Labute approximate surface area is 226 Å². The van der Waals surface area contributed by atoms with Crippen molar-refractivity contribution in [1.29, 1.82) is 0 Å². The number of nitrogens with zero attached hydrogens (tertiary/aromatic N) is 2. The van der Waals surface area contributed by atoms with E-state index in [1.54, 1.807) is 24.5 Å². The van der Waals surface area contributed by atoms with Crippen LogP contribution in [0.5, 0.6) is 5.75 Å². The van der Waals surface area contributed by atoms with E-state index in [1.165, 1.54) is 32.2 Å². The number of aromatic nitrogens is 2. The maximum atomic E-state index is 13.6. The van der Waals surface area contributed by atoms with Crippen molar-refractivity contribution in [2.75, 3.05) is 0 Å². The average Bonchev–Trinajstić information content (AvgIpc) is 2.89. The molecule has 6 unspecified atom stereocenters. The molecule has 6 atom stereocenters. The Morgan fingerprint density at radius 1 is 1.10 bits per heavy atom. The van der Waals surface area contributed by atoms with Crippen molar-refractivity contribution in [3.05, 3.63) is 54.1 Å². The van der Waals surface area contributed by atoms with Crippen molar-refractivity contribution in [3.63, 3.8) is 0 Å². The number of aliphatic hydroxyl groups excluding tert-OH is 1. The lowest BCUT2D eigenvalue weighted by Gasteiger charge is -2.33. The number of pyridine rings is 2. The first-order chi connectivity index (χ1) is 18.5. The van der Waals surface area contributed by atoms with E-state index in [4.69, 9.17) is 4.74 Å². The van der Waals surface area contributed by atoms with Gasteiger partial charge in [0.2, 0.25) is 5.91 Å². The van der Waals surface area contributed by atoms with Crippen LogP contribution in [0.2, 0.25) is 0 Å². The normalized spacial score (nSPS) is 26.5. The highest BCUT2D eigenvalue weighted by Gasteiger charge is 2.39. The smallest absolute Gasteiger partial charge is 0.312 e. The van der Waals surface area contributed by atoms with E-state index in [0.29, 0.717) is 5.56 Å². The fraction of sp³-hybridized carbons (Fsp3) is 0.481. The fourth-order valence-electron chi connectivity index (χ4n) is 4.27. The predicted octanol–water partition coefficient (Wildman–Crippen LogP) is 0.481. The second-order valence-electron chi connectivity index (χ2n) is 10.1. The molecule has 0 spiro atoms. The number of cyclic esters (lactones) is 1. The Hall–Kier alpha value is -4.06. The SMILES string of the molecule is CC(C)CC1OC(=O)C(C)C(O)C(Cc2cccnc2)NC(=O)C(NC(=O)c2ncccc2O)C(C)NC1=O. The zero-order valence-corrected chi connectivity index (χ0v) is 22.3. The van der Waals surface area contributed by atoms with Crippen LogP contribution < -0.4 is 16.0 Å². The summed E-state index contributed by atoms with van der Waals surface area (Å²) in [7, 11) is 0. The molecule has 1 saturated heterocycles. The molecule has 0 saturated carbocycles. The first-order valence-corrected chi connectivity index (χ1v) is 12.8. The molecule has 3 amide bonds. The average molecular weight is 542 g/mol. The van der Waals surface area contributed by atoms with E-state index in [0.717, 1.165) is 0 Å². The van der Waals surface area contributed by atoms with E-state index < -0.39 is 59.9 Å². The Bertz CT molecular complexity index is 1180. The molecule has 1 fully saturated rings. The van der Waals surface area contributed by atoms with Gasteiger partial charge in [-0.3, -0.25) is 24.2 Å². The van der Waals surface area contributed by atoms with Gasteiger partial charge in [0.15, 0.2) is 11.8 Å². The Morgan fingerprint density at radius 2 is 1.82 bits per heavy atom. The Morgan fingerprint density at radius 3 is 2.46 bits per heavy atom. The van der Waals surface area contributed by atoms with E-state index in [9.17, 15) is 29.4 Å². The van der Waals surface area contributed by atoms with E-state index in [2.05, 4.69) is 25.9 Å². The Kier molecular flexibility index (Phi) is 9.94. The summed E-state index contributed by atoms with van der Waals surface area (Å²) in [5.41, 5.74) is 0.384. The Balaban J connectivity index is 1.99. The highest BCUT2D eigenvalue weighted by Crippen LogP contribution is 2.19. The van der Waals surface area contributed by atoms with Crippen molar-refractivity contribution in [2.24, 2.45) is 11.8 Å². The summed E-state index contributed by atoms with van der Waals surface area (Å²) in [4.78, 5) is 60.6. The molecule has 3 rings (SSSR count). The molecular formula is C27H35N5O7. The highest BCUT2D eigenvalue weighted by molar-refractivity contribution is 5.98. The molecule has 39 heavy (non-hydrogen) atoms. The third-order valence-electron chi connectivity index (χ3n) is 6.48. The number of aromatic hydroxyl groups is 1. The number of hydrogen-bond donors (Lipinski definition) is 5. The van der Waals surface area contributed by atoms with Crippen LogP contribution >= 0.6 is 0 Å². The van der Waals surface area contributed by atoms with Crippen molar-refractivity contribution in [2.45, 2.75) is 70.9 Å². The minimum Gasteiger partial charge on any atom is -0.505 e. The quantitative estimate of drug-likeness (QED) is 0.325. The van der Waals surface area contributed by atoms with Crippen LogP contribution in [0, 0.1) is 11.8 Å². The predicted molar refractivity (Wildman–Crippen MR) is 139 cm³/mol. The number of nitrogens with one attached hydrogen (secondary N) is 3. The molecule has 2 aromatic rings. The van der Waals surface area contributed by atoms with Gasteiger partial charge in [-0.25, -0.2) is 4.98 Å². The maximum absolute atomic E-state index is 13.6. The molecule has 12 nitrogen and oxygen atoms in total. The van der Waals surface area contributed by atoms with Crippen LogP contribution in [0.1, 0.15) is 50.2 Å². The lowest BCUT2D eigenvalue weighted by Crippen LogP contribution is -2.62. The highest BCUT2D eigenvalue weighted by atomic mass is 16.5. The zero-order valence-electron chi connectivity index (χ0n) is 22.3. The fourth-order valence-corrected chi connectivity index (χ4v) is 4.27. The number of carbonyl (C=O) groups excluding carboxylic acids is 4. The van der Waals surface area contributed by atoms with Crippen LogP contribution in [0.25, 0.3) is 0 Å². The lowest BCUT2D eigenvalue weighted by molar-refractivity contribution is -0.164. The van der Waals surface area contributed by atoms with Crippen molar-refractivity contribution in [3.8, 4) is 5.75 Å². The van der Waals surface area contributed by atoms with Gasteiger partial charge in [-0.05, 0) is 56.4 Å². The summed E-state index contributed by atoms with van der Waals surface area (Å²) < 4.78 is 5.54. The number of esters is 1. The van der Waals surface area contributed by atoms with Gasteiger partial charge in [0.1, 0.15) is 11.8 Å². The van der Waals surface area contributed by atoms with Gasteiger partial charge >= 0.3 is 5.97 Å². The summed E-state index contributed by atoms with van der Waals surface area (Å²) in [6, 6.07) is 2.89.